The van der Waals surface area contributed by atoms with Gasteiger partial charge < -0.3 is 14.4 Å². The lowest BCUT2D eigenvalue weighted by Crippen LogP contribution is -2.43. The average Bonchev–Trinajstić information content (AvgIpc) is 3.11. The summed E-state index contributed by atoms with van der Waals surface area (Å²) in [7, 11) is -0.634. The number of halogens is 4. The first-order valence-electron chi connectivity index (χ1n) is 13.5. The van der Waals surface area contributed by atoms with Gasteiger partial charge in [-0.05, 0) is 73.0 Å². The Hall–Kier alpha value is -4.46. The number of imide groups is 1. The molecule has 45 heavy (non-hydrogen) atoms. The second kappa shape index (κ2) is 12.1. The Morgan fingerprint density at radius 3 is 2.00 bits per heavy atom. The Morgan fingerprint density at radius 2 is 1.47 bits per heavy atom. The molecule has 14 heteroatoms. The van der Waals surface area contributed by atoms with Crippen molar-refractivity contribution in [3.8, 4) is 11.5 Å². The maximum atomic E-state index is 14.0. The van der Waals surface area contributed by atoms with Gasteiger partial charge >= 0.3 is 12.2 Å². The van der Waals surface area contributed by atoms with Crippen LogP contribution in [0.2, 0.25) is 0 Å². The summed E-state index contributed by atoms with van der Waals surface area (Å²) in [6.45, 7) is 2.60. The van der Waals surface area contributed by atoms with Gasteiger partial charge in [-0.15, -0.1) is 0 Å². The minimum Gasteiger partial charge on any atom is -0.493 e. The van der Waals surface area contributed by atoms with Crippen molar-refractivity contribution in [2.75, 3.05) is 25.4 Å². The van der Waals surface area contributed by atoms with Crippen molar-refractivity contribution < 1.29 is 49.8 Å². The number of nitrogens with zero attached hydrogens (tertiary/aromatic N) is 2. The maximum absolute atomic E-state index is 14.0. The predicted octanol–water partition coefficient (Wildman–Crippen LogP) is 5.37. The second-order valence-corrected chi connectivity index (χ2v) is 13.0. The highest BCUT2D eigenvalue weighted by Gasteiger charge is 2.52. The van der Waals surface area contributed by atoms with Crippen LogP contribution in [-0.2, 0) is 45.0 Å². The highest BCUT2D eigenvalue weighted by atomic mass is 32.2. The maximum Gasteiger partial charge on any atom is 0.419 e. The highest BCUT2D eigenvalue weighted by Crippen LogP contribution is 2.39. The standard InChI is InChI=1S/C31H30F4N2O7S/c1-30(2)28(39)37(21-8-11-25(32)24(16-21)31(33,34)35)29(40)36(30)17-20-15-27(44-4)26(43-3)14-19(20)13-22(38)12-18-6-9-23(10-7-18)45(5,41)42/h6-11,14-16H,12-13,17H2,1-5H3. The SMILES string of the molecule is COc1cc(CC(=O)Cc2ccc(S(C)(=O)=O)cc2)c(CN2C(=O)N(c3ccc(F)c(C(F)(F)F)c3)C(=O)C2(C)C)cc1OC. The van der Waals surface area contributed by atoms with Gasteiger partial charge in [-0.2, -0.15) is 13.2 Å². The Morgan fingerprint density at radius 1 is 0.889 bits per heavy atom. The predicted molar refractivity (Wildman–Crippen MR) is 155 cm³/mol. The molecule has 0 spiro atoms. The number of alkyl halides is 3. The van der Waals surface area contributed by atoms with Crippen LogP contribution in [0, 0.1) is 5.82 Å². The van der Waals surface area contributed by atoms with Crippen molar-refractivity contribution in [3.05, 3.63) is 82.7 Å². The number of Topliss-reactive ketones (excluding diaryl/α,β-unsaturated/α-hetero) is 1. The largest absolute Gasteiger partial charge is 0.493 e. The van der Waals surface area contributed by atoms with E-state index in [2.05, 4.69) is 0 Å². The molecule has 0 radical (unpaired) electrons. The number of amides is 3. The Labute approximate surface area is 257 Å². The zero-order valence-corrected chi connectivity index (χ0v) is 25.8. The van der Waals surface area contributed by atoms with E-state index < -0.39 is 50.6 Å². The number of methoxy groups -OCH3 is 2. The van der Waals surface area contributed by atoms with Gasteiger partial charge in [0, 0.05) is 25.6 Å². The molecule has 3 amide bonds. The molecule has 240 valence electrons. The summed E-state index contributed by atoms with van der Waals surface area (Å²) in [4.78, 5) is 42.0. The van der Waals surface area contributed by atoms with E-state index in [0.29, 0.717) is 33.7 Å². The van der Waals surface area contributed by atoms with Crippen LogP contribution in [0.4, 0.5) is 28.0 Å². The van der Waals surface area contributed by atoms with Gasteiger partial charge in [0.25, 0.3) is 5.91 Å². The number of sulfone groups is 1. The van der Waals surface area contributed by atoms with Gasteiger partial charge in [-0.1, -0.05) is 12.1 Å². The Balaban J connectivity index is 1.67. The highest BCUT2D eigenvalue weighted by molar-refractivity contribution is 7.90. The van der Waals surface area contributed by atoms with Crippen molar-refractivity contribution in [2.45, 2.75) is 49.8 Å². The van der Waals surface area contributed by atoms with E-state index >= 15 is 0 Å². The molecule has 1 aliphatic rings. The van der Waals surface area contributed by atoms with E-state index in [-0.39, 0.29) is 41.6 Å². The van der Waals surface area contributed by atoms with Gasteiger partial charge in [0.05, 0.1) is 30.4 Å². The van der Waals surface area contributed by atoms with Gasteiger partial charge in [-0.25, -0.2) is 22.5 Å². The summed E-state index contributed by atoms with van der Waals surface area (Å²) in [6.07, 6.45) is -4.16. The molecule has 0 bridgehead atoms. The Bertz CT molecular complexity index is 1770. The molecule has 0 aromatic heterocycles. The summed E-state index contributed by atoms with van der Waals surface area (Å²) in [6, 6.07) is 9.91. The summed E-state index contributed by atoms with van der Waals surface area (Å²) in [5.41, 5.74) is -2.20. The molecule has 1 saturated heterocycles. The molecule has 0 atom stereocenters. The second-order valence-electron chi connectivity index (χ2n) is 11.0. The van der Waals surface area contributed by atoms with Gasteiger partial charge in [0.2, 0.25) is 0 Å². The van der Waals surface area contributed by atoms with E-state index in [1.807, 2.05) is 0 Å². The number of anilines is 1. The van der Waals surface area contributed by atoms with Crippen LogP contribution in [0.25, 0.3) is 0 Å². The average molecular weight is 651 g/mol. The van der Waals surface area contributed by atoms with Crippen LogP contribution in [0.1, 0.15) is 36.1 Å². The number of ketones is 1. The molecule has 4 rings (SSSR count). The molecule has 3 aromatic rings. The number of carbonyl (C=O) groups excluding carboxylic acids is 3. The van der Waals surface area contributed by atoms with E-state index in [4.69, 9.17) is 9.47 Å². The molecule has 0 saturated carbocycles. The first kappa shape index (κ1) is 33.4. The van der Waals surface area contributed by atoms with Crippen molar-refractivity contribution in [1.82, 2.24) is 4.90 Å². The number of hydrogen-bond acceptors (Lipinski definition) is 7. The third-order valence-electron chi connectivity index (χ3n) is 7.51. The van der Waals surface area contributed by atoms with Crippen molar-refractivity contribution >= 4 is 33.2 Å². The lowest BCUT2D eigenvalue weighted by atomic mass is 9.96. The van der Waals surface area contributed by atoms with E-state index in [1.54, 1.807) is 12.1 Å². The van der Waals surface area contributed by atoms with Crippen LogP contribution in [-0.4, -0.2) is 57.1 Å². The fourth-order valence-electron chi connectivity index (χ4n) is 5.00. The monoisotopic (exact) mass is 650 g/mol. The smallest absolute Gasteiger partial charge is 0.419 e. The molecule has 9 nitrogen and oxygen atoms in total. The third-order valence-corrected chi connectivity index (χ3v) is 8.64. The zero-order chi connectivity index (χ0) is 33.5. The van der Waals surface area contributed by atoms with Crippen LogP contribution in [0.15, 0.2) is 59.5 Å². The van der Waals surface area contributed by atoms with Gasteiger partial charge in [0.1, 0.15) is 17.1 Å². The van der Waals surface area contributed by atoms with Crippen LogP contribution >= 0.6 is 0 Å². The van der Waals surface area contributed by atoms with Crippen molar-refractivity contribution in [2.24, 2.45) is 0 Å². The summed E-state index contributed by atoms with van der Waals surface area (Å²) >= 11 is 0. The van der Waals surface area contributed by atoms with Crippen molar-refractivity contribution in [3.63, 3.8) is 0 Å². The molecule has 0 unspecified atom stereocenters. The van der Waals surface area contributed by atoms with Crippen LogP contribution in [0.3, 0.4) is 0 Å². The summed E-state index contributed by atoms with van der Waals surface area (Å²) in [5, 5.41) is 0. The zero-order valence-electron chi connectivity index (χ0n) is 25.0. The van der Waals surface area contributed by atoms with Crippen LogP contribution < -0.4 is 14.4 Å². The lowest BCUT2D eigenvalue weighted by molar-refractivity contribution is -0.140. The van der Waals surface area contributed by atoms with Gasteiger partial charge in [0.15, 0.2) is 21.3 Å². The number of hydrogen-bond donors (Lipinski definition) is 0. The minimum absolute atomic E-state index is 0.0374. The first-order chi connectivity index (χ1) is 20.9. The molecule has 1 heterocycles. The summed E-state index contributed by atoms with van der Waals surface area (Å²) in [5.74, 6) is -2.08. The van der Waals surface area contributed by atoms with E-state index in [9.17, 15) is 40.4 Å². The molecule has 0 aliphatic carbocycles. The minimum atomic E-state index is -5.06. The number of rotatable bonds is 10. The third kappa shape index (κ3) is 6.80. The molecule has 3 aromatic carbocycles. The van der Waals surface area contributed by atoms with Crippen molar-refractivity contribution in [1.29, 1.82) is 0 Å². The first-order valence-corrected chi connectivity index (χ1v) is 15.3. The fraction of sp³-hybridized carbons (Fsp3) is 0.323. The molecular weight excluding hydrogens is 620 g/mol. The Kier molecular flexibility index (Phi) is 9.02. The molecule has 0 N–H and O–H groups in total. The normalized spacial score (nSPS) is 15.0. The molecular formula is C31H30F4N2O7S. The number of ether oxygens (including phenoxy) is 2. The van der Waals surface area contributed by atoms with Gasteiger partial charge in [-0.3, -0.25) is 9.59 Å². The lowest BCUT2D eigenvalue weighted by Gasteiger charge is -2.29. The fourth-order valence-corrected chi connectivity index (χ4v) is 5.63. The van der Waals surface area contributed by atoms with E-state index in [1.165, 1.54) is 52.3 Å². The number of carbonyl (C=O) groups is 3. The number of urea groups is 1. The number of benzene rings is 3. The van der Waals surface area contributed by atoms with Crippen LogP contribution in [0.5, 0.6) is 11.5 Å². The topological polar surface area (TPSA) is 110 Å². The molecule has 1 fully saturated rings. The molecule has 1 aliphatic heterocycles. The summed E-state index contributed by atoms with van der Waals surface area (Å²) < 4.78 is 88.5. The quantitative estimate of drug-likeness (QED) is 0.215. The van der Waals surface area contributed by atoms with E-state index in [0.717, 1.165) is 17.2 Å².